The Balaban J connectivity index is 4.05. The van der Waals surface area contributed by atoms with Gasteiger partial charge in [0.25, 0.3) is 0 Å². The number of hydrogen-bond acceptors (Lipinski definition) is 3. The van der Waals surface area contributed by atoms with Crippen molar-refractivity contribution in [2.45, 2.75) is 6.92 Å². The second-order valence-electron chi connectivity index (χ2n) is 1.65. The Morgan fingerprint density at radius 3 is 2.22 bits per heavy atom. The van der Waals surface area contributed by atoms with Crippen molar-refractivity contribution >= 4 is 11.7 Å². The first kappa shape index (κ1) is 7.88. The number of nitrogens with one attached hydrogen (secondary N) is 1. The summed E-state index contributed by atoms with van der Waals surface area (Å²) in [5.41, 5.74) is 0.249. The fourth-order valence-corrected chi connectivity index (χ4v) is 0.276. The molecule has 0 unspecified atom stereocenters. The zero-order valence-electron chi connectivity index (χ0n) is 5.52. The molecule has 0 radical (unpaired) electrons. The van der Waals surface area contributed by atoms with Crippen LogP contribution in [-0.2, 0) is 9.53 Å². The molecule has 0 heterocycles. The zero-order chi connectivity index (χ0) is 7.44. The highest BCUT2D eigenvalue weighted by Gasteiger charge is 2.07. The van der Waals surface area contributed by atoms with Crippen molar-refractivity contribution in [1.82, 2.24) is 0 Å². The third-order valence-electron chi connectivity index (χ3n) is 0.816. The van der Waals surface area contributed by atoms with E-state index < -0.39 is 5.97 Å². The monoisotopic (exact) mass is 127 g/mol. The molecule has 0 rings (SSSR count). The molecule has 0 aromatic rings. The number of hydrogen-bond donors (Lipinski definition) is 1. The number of rotatable bonds is 2. The molecule has 3 nitrogen and oxygen atoms in total. The van der Waals surface area contributed by atoms with Crippen LogP contribution in [0.4, 0.5) is 0 Å². The Kier molecular flexibility index (Phi) is 2.64. The maximum absolute atomic E-state index is 10.4. The van der Waals surface area contributed by atoms with E-state index in [0.717, 1.165) is 0 Å². The van der Waals surface area contributed by atoms with E-state index in [1.807, 2.05) is 0 Å². The lowest BCUT2D eigenvalue weighted by Gasteiger charge is -1.97. The van der Waals surface area contributed by atoms with Crippen LogP contribution in [0.3, 0.4) is 0 Å². The molecule has 50 valence electrons. The first-order valence-electron chi connectivity index (χ1n) is 2.42. The van der Waals surface area contributed by atoms with E-state index in [1.54, 1.807) is 6.92 Å². The summed E-state index contributed by atoms with van der Waals surface area (Å²) in [6, 6.07) is 0. The molecular formula is C6H9NO2. The molecule has 0 bridgehead atoms. The molecule has 0 saturated heterocycles. The molecule has 0 spiro atoms. The molecule has 1 N–H and O–H groups in total. The van der Waals surface area contributed by atoms with Crippen LogP contribution in [0.5, 0.6) is 0 Å². The number of ether oxygens (including phenoxy) is 1. The predicted octanol–water partition coefficient (Wildman–Crippen LogP) is 0.755. The van der Waals surface area contributed by atoms with Gasteiger partial charge in [0.05, 0.1) is 7.11 Å². The van der Waals surface area contributed by atoms with Crippen LogP contribution in [0.2, 0.25) is 0 Å². The number of methoxy groups -OCH3 is 1. The van der Waals surface area contributed by atoms with Gasteiger partial charge in [0.15, 0.2) is 0 Å². The van der Waals surface area contributed by atoms with Crippen LogP contribution in [0, 0.1) is 5.41 Å². The molecule has 9 heavy (non-hydrogen) atoms. The second kappa shape index (κ2) is 3.02. The summed E-state index contributed by atoms with van der Waals surface area (Å²) in [6.45, 7) is 4.98. The minimum Gasteiger partial charge on any atom is -0.464 e. The lowest BCUT2D eigenvalue weighted by atomic mass is 10.2. The van der Waals surface area contributed by atoms with Gasteiger partial charge in [0, 0.05) is 0 Å². The molecule has 0 aromatic heterocycles. The fourth-order valence-electron chi connectivity index (χ4n) is 0.276. The Labute approximate surface area is 53.8 Å². The maximum atomic E-state index is 10.4. The van der Waals surface area contributed by atoms with E-state index in [0.29, 0.717) is 5.57 Å². The molecule has 0 aromatic carbocycles. The molecule has 0 aliphatic rings. The third kappa shape index (κ3) is 2.08. The minimum atomic E-state index is -0.637. The Bertz CT molecular complexity index is 160. The van der Waals surface area contributed by atoms with Crippen molar-refractivity contribution in [2.75, 3.05) is 7.11 Å². The van der Waals surface area contributed by atoms with Crippen LogP contribution in [-0.4, -0.2) is 18.8 Å². The van der Waals surface area contributed by atoms with Gasteiger partial charge < -0.3 is 4.74 Å². The van der Waals surface area contributed by atoms with Gasteiger partial charge in [-0.25, -0.2) is 4.79 Å². The van der Waals surface area contributed by atoms with Gasteiger partial charge in [0.2, 0.25) is 0 Å². The van der Waals surface area contributed by atoms with Gasteiger partial charge in [-0.05, 0) is 12.5 Å². The minimum absolute atomic E-state index is 0.169. The highest BCUT2D eigenvalue weighted by molar-refractivity contribution is 6.41. The normalized spacial score (nSPS) is 8.22. The van der Waals surface area contributed by atoms with Gasteiger partial charge in [0.1, 0.15) is 5.71 Å². The van der Waals surface area contributed by atoms with Gasteiger partial charge in [-0.3, -0.25) is 5.41 Å². The first-order valence-corrected chi connectivity index (χ1v) is 2.42. The summed E-state index contributed by atoms with van der Waals surface area (Å²) in [5, 5.41) is 6.98. The van der Waals surface area contributed by atoms with Crippen LogP contribution in [0.15, 0.2) is 12.2 Å². The molecule has 0 fully saturated rings. The van der Waals surface area contributed by atoms with E-state index in [2.05, 4.69) is 11.3 Å². The van der Waals surface area contributed by atoms with Gasteiger partial charge in [-0.1, -0.05) is 6.58 Å². The summed E-state index contributed by atoms with van der Waals surface area (Å²) in [5.74, 6) is -0.637. The average Bonchev–Trinajstić information content (AvgIpc) is 1.84. The highest BCUT2D eigenvalue weighted by Crippen LogP contribution is 1.91. The van der Waals surface area contributed by atoms with Gasteiger partial charge in [-0.15, -0.1) is 0 Å². The number of carbonyl (C=O) groups excluding carboxylic acids is 1. The lowest BCUT2D eigenvalue weighted by molar-refractivity contribution is -0.132. The quantitative estimate of drug-likeness (QED) is 0.439. The van der Waals surface area contributed by atoms with Crippen LogP contribution >= 0.6 is 0 Å². The van der Waals surface area contributed by atoms with E-state index in [-0.39, 0.29) is 5.71 Å². The van der Waals surface area contributed by atoms with E-state index in [9.17, 15) is 4.79 Å². The Morgan fingerprint density at radius 1 is 1.67 bits per heavy atom. The van der Waals surface area contributed by atoms with Crippen molar-refractivity contribution in [1.29, 1.82) is 5.41 Å². The topological polar surface area (TPSA) is 50.2 Å². The van der Waals surface area contributed by atoms with Crippen molar-refractivity contribution < 1.29 is 9.53 Å². The molecule has 0 atom stereocenters. The SMILES string of the molecule is C=C(C)C(=N)C(=O)OC. The summed E-state index contributed by atoms with van der Waals surface area (Å²) < 4.78 is 4.25. The largest absolute Gasteiger partial charge is 0.464 e. The Hall–Kier alpha value is -1.12. The van der Waals surface area contributed by atoms with E-state index in [4.69, 9.17) is 5.41 Å². The summed E-state index contributed by atoms with van der Waals surface area (Å²) in [6.07, 6.45) is 0. The molecule has 3 heteroatoms. The van der Waals surface area contributed by atoms with Crippen molar-refractivity contribution in [3.8, 4) is 0 Å². The van der Waals surface area contributed by atoms with Crippen LogP contribution < -0.4 is 0 Å². The predicted molar refractivity (Wildman–Crippen MR) is 34.6 cm³/mol. The second-order valence-corrected chi connectivity index (χ2v) is 1.65. The van der Waals surface area contributed by atoms with E-state index in [1.165, 1.54) is 7.11 Å². The van der Waals surface area contributed by atoms with Crippen molar-refractivity contribution in [3.63, 3.8) is 0 Å². The zero-order valence-corrected chi connectivity index (χ0v) is 5.52. The fraction of sp³-hybridized carbons (Fsp3) is 0.333. The van der Waals surface area contributed by atoms with Crippen molar-refractivity contribution in [2.24, 2.45) is 0 Å². The van der Waals surface area contributed by atoms with Crippen molar-refractivity contribution in [3.05, 3.63) is 12.2 Å². The third-order valence-corrected chi connectivity index (χ3v) is 0.816. The summed E-state index contributed by atoms with van der Waals surface area (Å²) in [7, 11) is 1.24. The first-order chi connectivity index (χ1) is 4.09. The van der Waals surface area contributed by atoms with Gasteiger partial charge >= 0.3 is 5.97 Å². The maximum Gasteiger partial charge on any atom is 0.356 e. The molecule has 0 amide bonds. The molecule has 0 aliphatic heterocycles. The van der Waals surface area contributed by atoms with Crippen LogP contribution in [0.25, 0.3) is 0 Å². The Morgan fingerprint density at radius 2 is 2.11 bits per heavy atom. The lowest BCUT2D eigenvalue weighted by Crippen LogP contribution is -2.14. The highest BCUT2D eigenvalue weighted by atomic mass is 16.5. The van der Waals surface area contributed by atoms with Gasteiger partial charge in [-0.2, -0.15) is 0 Å². The summed E-state index contributed by atoms with van der Waals surface area (Å²) in [4.78, 5) is 10.4. The molecule has 0 saturated carbocycles. The number of esters is 1. The number of carbonyl (C=O) groups is 1. The average molecular weight is 127 g/mol. The summed E-state index contributed by atoms with van der Waals surface area (Å²) >= 11 is 0. The standard InChI is InChI=1S/C6H9NO2/c1-4(2)5(7)6(8)9-3/h7H,1H2,2-3H3. The van der Waals surface area contributed by atoms with Crippen LogP contribution in [0.1, 0.15) is 6.92 Å². The molecule has 0 aliphatic carbocycles. The molecular weight excluding hydrogens is 118 g/mol. The van der Waals surface area contributed by atoms with E-state index >= 15 is 0 Å². The smallest absolute Gasteiger partial charge is 0.356 e.